The molecule has 0 saturated carbocycles. The normalized spacial score (nSPS) is 11.9. The highest BCUT2D eigenvalue weighted by atomic mass is 19.4. The minimum absolute atomic E-state index is 0.361. The summed E-state index contributed by atoms with van der Waals surface area (Å²) in [5.74, 6) is 0. The maximum atomic E-state index is 13.0. The van der Waals surface area contributed by atoms with Crippen LogP contribution in [0.5, 0.6) is 0 Å². The third-order valence-corrected chi connectivity index (χ3v) is 5.51. The number of hydrogen-bond acceptors (Lipinski definition) is 2. The second kappa shape index (κ2) is 10.2. The summed E-state index contributed by atoms with van der Waals surface area (Å²) in [7, 11) is 0. The summed E-state index contributed by atoms with van der Waals surface area (Å²) in [5, 5.41) is 9.17. The van der Waals surface area contributed by atoms with Crippen LogP contribution in [0.3, 0.4) is 0 Å². The molecule has 0 aromatic heterocycles. The van der Waals surface area contributed by atoms with Crippen LogP contribution in [0.4, 0.5) is 13.2 Å². The lowest BCUT2D eigenvalue weighted by Crippen LogP contribution is -2.10. The highest BCUT2D eigenvalue weighted by molar-refractivity contribution is 6.13. The standard InChI is InChI=1S/C29H21F3N2/c30-29(31,32)26-17-13-21(14-18-26)19-27(23-15-11-22(20-33)12-16-23)34-28(24-7-3-1-4-8-24)25-9-5-2-6-10-25/h1-18,27H,19H2. The zero-order valence-corrected chi connectivity index (χ0v) is 18.2. The fourth-order valence-electron chi connectivity index (χ4n) is 3.73. The highest BCUT2D eigenvalue weighted by Gasteiger charge is 2.30. The Morgan fingerprint density at radius 3 is 1.74 bits per heavy atom. The van der Waals surface area contributed by atoms with Gasteiger partial charge in [-0.3, -0.25) is 4.99 Å². The molecule has 0 fully saturated rings. The van der Waals surface area contributed by atoms with E-state index in [1.54, 1.807) is 12.1 Å². The average Bonchev–Trinajstić information content (AvgIpc) is 2.87. The van der Waals surface area contributed by atoms with E-state index in [4.69, 9.17) is 10.3 Å². The molecule has 34 heavy (non-hydrogen) atoms. The zero-order valence-electron chi connectivity index (χ0n) is 18.2. The third-order valence-electron chi connectivity index (χ3n) is 5.51. The molecule has 0 aliphatic carbocycles. The molecular formula is C29H21F3N2. The second-order valence-corrected chi connectivity index (χ2v) is 7.86. The molecule has 0 N–H and O–H groups in total. The summed E-state index contributed by atoms with van der Waals surface area (Å²) in [4.78, 5) is 5.12. The van der Waals surface area contributed by atoms with Crippen molar-refractivity contribution in [2.45, 2.75) is 18.6 Å². The molecule has 5 heteroatoms. The molecule has 2 nitrogen and oxygen atoms in total. The van der Waals surface area contributed by atoms with Gasteiger partial charge in [0.25, 0.3) is 0 Å². The molecule has 0 aliphatic heterocycles. The SMILES string of the molecule is N#Cc1ccc(C(Cc2ccc(C(F)(F)F)cc2)N=C(c2ccccc2)c2ccccc2)cc1. The van der Waals surface area contributed by atoms with Crippen molar-refractivity contribution < 1.29 is 13.2 Å². The molecule has 0 amide bonds. The number of aliphatic imine (C=N–C) groups is 1. The summed E-state index contributed by atoms with van der Waals surface area (Å²) in [6.45, 7) is 0. The Kier molecular flexibility index (Phi) is 6.89. The Labute approximate surface area is 196 Å². The van der Waals surface area contributed by atoms with Crippen LogP contribution in [0.2, 0.25) is 0 Å². The largest absolute Gasteiger partial charge is 0.416 e. The molecule has 0 heterocycles. The van der Waals surface area contributed by atoms with Gasteiger partial charge in [-0.15, -0.1) is 0 Å². The van der Waals surface area contributed by atoms with Gasteiger partial charge >= 0.3 is 6.18 Å². The molecule has 168 valence electrons. The molecule has 4 aromatic rings. The summed E-state index contributed by atoms with van der Waals surface area (Å²) >= 11 is 0. The summed E-state index contributed by atoms with van der Waals surface area (Å²) in [6.07, 6.45) is -3.97. The topological polar surface area (TPSA) is 36.1 Å². The summed E-state index contributed by atoms with van der Waals surface area (Å²) in [6, 6.07) is 33.7. The average molecular weight is 454 g/mol. The number of halogens is 3. The number of alkyl halides is 3. The maximum Gasteiger partial charge on any atom is 0.416 e. The predicted molar refractivity (Wildman–Crippen MR) is 128 cm³/mol. The van der Waals surface area contributed by atoms with Gasteiger partial charge in [0.1, 0.15) is 0 Å². The van der Waals surface area contributed by atoms with Crippen LogP contribution in [0.1, 0.15) is 39.4 Å². The van der Waals surface area contributed by atoms with Crippen molar-refractivity contribution in [3.8, 4) is 6.07 Å². The van der Waals surface area contributed by atoms with E-state index in [0.717, 1.165) is 40.1 Å². The maximum absolute atomic E-state index is 13.0. The van der Waals surface area contributed by atoms with Crippen LogP contribution in [0, 0.1) is 11.3 Å². The fourth-order valence-corrected chi connectivity index (χ4v) is 3.73. The fraction of sp³-hybridized carbons (Fsp3) is 0.103. The summed E-state index contributed by atoms with van der Waals surface area (Å²) in [5.41, 5.74) is 4.16. The molecule has 0 bridgehead atoms. The van der Waals surface area contributed by atoms with Gasteiger partial charge in [0.05, 0.1) is 28.9 Å². The molecule has 0 spiro atoms. The van der Waals surface area contributed by atoms with Gasteiger partial charge in [-0.05, 0) is 41.8 Å². The van der Waals surface area contributed by atoms with Crippen LogP contribution in [0.15, 0.2) is 114 Å². The van der Waals surface area contributed by atoms with E-state index in [0.29, 0.717) is 12.0 Å². The second-order valence-electron chi connectivity index (χ2n) is 7.86. The number of hydrogen-bond donors (Lipinski definition) is 0. The number of benzene rings is 4. The van der Waals surface area contributed by atoms with Gasteiger partial charge in [-0.2, -0.15) is 18.4 Å². The van der Waals surface area contributed by atoms with Crippen molar-refractivity contribution in [2.75, 3.05) is 0 Å². The first-order chi connectivity index (χ1) is 16.4. The Morgan fingerprint density at radius 1 is 0.735 bits per heavy atom. The van der Waals surface area contributed by atoms with Crippen molar-refractivity contribution in [3.05, 3.63) is 143 Å². The Balaban J connectivity index is 1.79. The molecule has 1 unspecified atom stereocenters. The van der Waals surface area contributed by atoms with E-state index in [9.17, 15) is 13.2 Å². The van der Waals surface area contributed by atoms with Crippen molar-refractivity contribution in [1.29, 1.82) is 5.26 Å². The van der Waals surface area contributed by atoms with Gasteiger partial charge in [0.15, 0.2) is 0 Å². The predicted octanol–water partition coefficient (Wildman–Crippen LogP) is 7.40. The highest BCUT2D eigenvalue weighted by Crippen LogP contribution is 2.31. The number of nitriles is 1. The summed E-state index contributed by atoms with van der Waals surface area (Å²) < 4.78 is 39.1. The smallest absolute Gasteiger partial charge is 0.276 e. The quantitative estimate of drug-likeness (QED) is 0.280. The van der Waals surface area contributed by atoms with E-state index in [1.165, 1.54) is 12.1 Å². The minimum atomic E-state index is -4.38. The molecule has 0 saturated heterocycles. The molecule has 4 aromatic carbocycles. The molecule has 0 aliphatic rings. The van der Waals surface area contributed by atoms with E-state index in [2.05, 4.69) is 6.07 Å². The Hall–Kier alpha value is -4.17. The molecule has 0 radical (unpaired) electrons. The van der Waals surface area contributed by atoms with Crippen LogP contribution in [0.25, 0.3) is 0 Å². The van der Waals surface area contributed by atoms with Crippen LogP contribution in [-0.4, -0.2) is 5.71 Å². The zero-order chi connectivity index (χ0) is 24.0. The molecule has 4 rings (SSSR count). The van der Waals surface area contributed by atoms with Crippen molar-refractivity contribution in [2.24, 2.45) is 4.99 Å². The van der Waals surface area contributed by atoms with Gasteiger partial charge < -0.3 is 0 Å². The lowest BCUT2D eigenvalue weighted by Gasteiger charge is -2.18. The van der Waals surface area contributed by atoms with Crippen molar-refractivity contribution in [1.82, 2.24) is 0 Å². The van der Waals surface area contributed by atoms with Crippen molar-refractivity contribution >= 4 is 5.71 Å². The number of rotatable bonds is 6. The van der Waals surface area contributed by atoms with Gasteiger partial charge in [0.2, 0.25) is 0 Å². The first kappa shape index (κ1) is 23.0. The van der Waals surface area contributed by atoms with E-state index < -0.39 is 11.7 Å². The first-order valence-corrected chi connectivity index (χ1v) is 10.8. The molecular weight excluding hydrogens is 433 g/mol. The van der Waals surface area contributed by atoms with E-state index in [1.807, 2.05) is 72.8 Å². The van der Waals surface area contributed by atoms with Gasteiger partial charge in [-0.25, -0.2) is 0 Å². The van der Waals surface area contributed by atoms with Crippen LogP contribution >= 0.6 is 0 Å². The van der Waals surface area contributed by atoms with E-state index >= 15 is 0 Å². The van der Waals surface area contributed by atoms with Crippen LogP contribution < -0.4 is 0 Å². The van der Waals surface area contributed by atoms with Gasteiger partial charge in [-0.1, -0.05) is 84.9 Å². The Morgan fingerprint density at radius 2 is 1.26 bits per heavy atom. The van der Waals surface area contributed by atoms with Crippen LogP contribution in [-0.2, 0) is 12.6 Å². The third kappa shape index (κ3) is 5.60. The first-order valence-electron chi connectivity index (χ1n) is 10.8. The van der Waals surface area contributed by atoms with Crippen molar-refractivity contribution in [3.63, 3.8) is 0 Å². The lowest BCUT2D eigenvalue weighted by atomic mass is 9.96. The monoisotopic (exact) mass is 454 g/mol. The van der Waals surface area contributed by atoms with Gasteiger partial charge in [0, 0.05) is 11.1 Å². The lowest BCUT2D eigenvalue weighted by molar-refractivity contribution is -0.137. The molecule has 1 atom stereocenters. The minimum Gasteiger partial charge on any atom is -0.276 e. The van der Waals surface area contributed by atoms with E-state index in [-0.39, 0.29) is 6.04 Å². The Bertz CT molecular complexity index is 1240. The number of nitrogens with zero attached hydrogens (tertiary/aromatic N) is 2.